The molecule has 1 spiro atoms. The van der Waals surface area contributed by atoms with E-state index in [-0.39, 0.29) is 11.7 Å². The van der Waals surface area contributed by atoms with E-state index in [2.05, 4.69) is 17.0 Å². The third-order valence-corrected chi connectivity index (χ3v) is 5.05. The minimum absolute atomic E-state index is 0.177. The maximum Gasteiger partial charge on any atom is 0.410 e. The Hall–Kier alpha value is -2.01. The van der Waals surface area contributed by atoms with Gasteiger partial charge in [0.1, 0.15) is 11.2 Å². The summed E-state index contributed by atoms with van der Waals surface area (Å²) >= 11 is 0. The summed E-state index contributed by atoms with van der Waals surface area (Å²) in [4.78, 5) is 15.9. The maximum absolute atomic E-state index is 11.7. The molecule has 1 aromatic heterocycles. The second kappa shape index (κ2) is 5.57. The van der Waals surface area contributed by atoms with Gasteiger partial charge in [0.25, 0.3) is 0 Å². The fraction of sp³-hybridized carbons (Fsp3) is 0.500. The van der Waals surface area contributed by atoms with E-state index in [1.807, 2.05) is 19.2 Å². The van der Waals surface area contributed by atoms with Crippen LogP contribution in [0.3, 0.4) is 0 Å². The number of furan rings is 1. The molecule has 0 bridgehead atoms. The molecule has 3 heterocycles. The quantitative estimate of drug-likeness (QED) is 0.854. The predicted octanol–water partition coefficient (Wildman–Crippen LogP) is 3.24. The summed E-state index contributed by atoms with van der Waals surface area (Å²) in [6.45, 7) is 3.67. The van der Waals surface area contributed by atoms with Crippen molar-refractivity contribution in [1.29, 1.82) is 0 Å². The number of rotatable bonds is 2. The van der Waals surface area contributed by atoms with Crippen LogP contribution in [-0.4, -0.2) is 48.2 Å². The highest BCUT2D eigenvalue weighted by Gasteiger charge is 2.44. The van der Waals surface area contributed by atoms with Crippen molar-refractivity contribution >= 4 is 17.1 Å². The van der Waals surface area contributed by atoms with Crippen LogP contribution in [0.15, 0.2) is 34.9 Å². The molecule has 1 amide bonds. The summed E-state index contributed by atoms with van der Waals surface area (Å²) in [6, 6.07) is 8.38. The molecule has 2 aliphatic rings. The van der Waals surface area contributed by atoms with Gasteiger partial charge in [-0.1, -0.05) is 6.07 Å². The Morgan fingerprint density at radius 3 is 2.96 bits per heavy atom. The highest BCUT2D eigenvalue weighted by Crippen LogP contribution is 2.33. The molecule has 5 heteroatoms. The summed E-state index contributed by atoms with van der Waals surface area (Å²) in [5.74, 6) is 0. The van der Waals surface area contributed by atoms with Gasteiger partial charge in [-0.15, -0.1) is 0 Å². The van der Waals surface area contributed by atoms with Crippen molar-refractivity contribution in [1.82, 2.24) is 9.80 Å². The zero-order valence-corrected chi connectivity index (χ0v) is 13.5. The van der Waals surface area contributed by atoms with Crippen molar-refractivity contribution in [3.05, 3.63) is 36.1 Å². The molecule has 1 atom stereocenters. The molecule has 4 rings (SSSR count). The van der Waals surface area contributed by atoms with Crippen molar-refractivity contribution in [2.24, 2.45) is 0 Å². The van der Waals surface area contributed by atoms with Crippen LogP contribution in [0, 0.1) is 0 Å². The van der Waals surface area contributed by atoms with Crippen molar-refractivity contribution in [2.75, 3.05) is 26.7 Å². The van der Waals surface area contributed by atoms with Crippen LogP contribution >= 0.6 is 0 Å². The highest BCUT2D eigenvalue weighted by molar-refractivity contribution is 5.77. The molecule has 23 heavy (non-hydrogen) atoms. The number of hydrogen-bond donors (Lipinski definition) is 0. The van der Waals surface area contributed by atoms with Crippen LogP contribution in [0.4, 0.5) is 4.79 Å². The number of likely N-dealkylation sites (tertiary alicyclic amines) is 1. The van der Waals surface area contributed by atoms with Gasteiger partial charge in [-0.25, -0.2) is 4.79 Å². The third kappa shape index (κ3) is 2.81. The molecule has 2 aromatic rings. The summed E-state index contributed by atoms with van der Waals surface area (Å²) in [5, 5.41) is 1.15. The van der Waals surface area contributed by atoms with E-state index < -0.39 is 0 Å². The largest absolute Gasteiger partial charge is 0.464 e. The number of carbonyl (C=O) groups is 1. The summed E-state index contributed by atoms with van der Waals surface area (Å²) in [6.07, 6.45) is 4.49. The molecule has 2 fully saturated rings. The van der Waals surface area contributed by atoms with Crippen LogP contribution in [0.1, 0.15) is 24.8 Å². The number of likely N-dealkylation sites (N-methyl/N-ethyl adjacent to an activating group) is 1. The molecule has 122 valence electrons. The summed E-state index contributed by atoms with van der Waals surface area (Å²) < 4.78 is 11.1. The fourth-order valence-corrected chi connectivity index (χ4v) is 3.81. The Bertz CT molecular complexity index is 726. The van der Waals surface area contributed by atoms with E-state index in [0.29, 0.717) is 0 Å². The van der Waals surface area contributed by atoms with Crippen LogP contribution in [0.2, 0.25) is 0 Å². The average Bonchev–Trinajstić information content (AvgIpc) is 3.03. The van der Waals surface area contributed by atoms with E-state index in [1.165, 1.54) is 5.56 Å². The highest BCUT2D eigenvalue weighted by atomic mass is 16.6. The van der Waals surface area contributed by atoms with Crippen LogP contribution < -0.4 is 0 Å². The molecule has 2 aliphatic heterocycles. The smallest absolute Gasteiger partial charge is 0.410 e. The minimum Gasteiger partial charge on any atom is -0.464 e. The molecule has 5 nitrogen and oxygen atoms in total. The molecule has 2 saturated heterocycles. The number of carbonyl (C=O) groups excluding carboxylic acids is 1. The van der Waals surface area contributed by atoms with Gasteiger partial charge >= 0.3 is 6.09 Å². The zero-order valence-electron chi connectivity index (χ0n) is 13.5. The van der Waals surface area contributed by atoms with Gasteiger partial charge in [0.2, 0.25) is 0 Å². The fourth-order valence-electron chi connectivity index (χ4n) is 3.81. The second-order valence-corrected chi connectivity index (χ2v) is 6.83. The maximum atomic E-state index is 11.7. The third-order valence-electron chi connectivity index (χ3n) is 5.05. The lowest BCUT2D eigenvalue weighted by Gasteiger charge is -2.25. The normalized spacial score (nSPS) is 26.0. The van der Waals surface area contributed by atoms with Crippen LogP contribution in [0.25, 0.3) is 11.0 Å². The van der Waals surface area contributed by atoms with Gasteiger partial charge in [-0.2, -0.15) is 0 Å². The number of hydrogen-bond acceptors (Lipinski definition) is 4. The summed E-state index contributed by atoms with van der Waals surface area (Å²) in [7, 11) is 1.82. The average molecular weight is 314 g/mol. The number of nitrogens with zero attached hydrogens (tertiary/aromatic N) is 2. The molecular weight excluding hydrogens is 292 g/mol. The predicted molar refractivity (Wildman–Crippen MR) is 87.2 cm³/mol. The van der Waals surface area contributed by atoms with E-state index in [0.717, 1.165) is 56.4 Å². The molecule has 0 radical (unpaired) electrons. The minimum atomic E-state index is -0.269. The van der Waals surface area contributed by atoms with Crippen LogP contribution in [0.5, 0.6) is 0 Å². The Balaban J connectivity index is 1.43. The lowest BCUT2D eigenvalue weighted by atomic mass is 9.95. The lowest BCUT2D eigenvalue weighted by molar-refractivity contribution is 0.0443. The SMILES string of the molecule is CN1CC2(CCCN(Cc3ccc4occc4c3)CC2)OC1=O. The first-order valence-electron chi connectivity index (χ1n) is 8.26. The zero-order chi connectivity index (χ0) is 15.9. The van der Waals surface area contributed by atoms with E-state index in [9.17, 15) is 4.79 Å². The number of benzene rings is 1. The summed E-state index contributed by atoms with van der Waals surface area (Å²) in [5.41, 5.74) is 1.97. The van der Waals surface area contributed by atoms with Crippen molar-refractivity contribution < 1.29 is 13.9 Å². The van der Waals surface area contributed by atoms with E-state index in [1.54, 1.807) is 11.2 Å². The monoisotopic (exact) mass is 314 g/mol. The van der Waals surface area contributed by atoms with Crippen molar-refractivity contribution in [3.63, 3.8) is 0 Å². The molecular formula is C18H22N2O3. The van der Waals surface area contributed by atoms with Gasteiger partial charge in [0.05, 0.1) is 12.8 Å². The first-order chi connectivity index (χ1) is 11.1. The van der Waals surface area contributed by atoms with Gasteiger partial charge in [0.15, 0.2) is 0 Å². The second-order valence-electron chi connectivity index (χ2n) is 6.83. The molecule has 1 aromatic carbocycles. The first-order valence-corrected chi connectivity index (χ1v) is 8.26. The first kappa shape index (κ1) is 14.6. The lowest BCUT2D eigenvalue weighted by Crippen LogP contribution is -2.35. The number of amides is 1. The van der Waals surface area contributed by atoms with E-state index in [4.69, 9.17) is 9.15 Å². The van der Waals surface area contributed by atoms with Gasteiger partial charge < -0.3 is 14.1 Å². The van der Waals surface area contributed by atoms with E-state index >= 15 is 0 Å². The van der Waals surface area contributed by atoms with Crippen molar-refractivity contribution in [3.8, 4) is 0 Å². The molecule has 0 aliphatic carbocycles. The van der Waals surface area contributed by atoms with Gasteiger partial charge in [0, 0.05) is 31.9 Å². The van der Waals surface area contributed by atoms with Crippen LogP contribution in [-0.2, 0) is 11.3 Å². The van der Waals surface area contributed by atoms with Gasteiger partial charge in [-0.05, 0) is 43.1 Å². The number of ether oxygens (including phenoxy) is 1. The molecule has 0 N–H and O–H groups in total. The Morgan fingerprint density at radius 1 is 1.22 bits per heavy atom. The Labute approximate surface area is 135 Å². The van der Waals surface area contributed by atoms with Crippen molar-refractivity contribution in [2.45, 2.75) is 31.4 Å². The topological polar surface area (TPSA) is 45.9 Å². The van der Waals surface area contributed by atoms with Gasteiger partial charge in [-0.3, -0.25) is 4.90 Å². The Morgan fingerprint density at radius 2 is 2.13 bits per heavy atom. The standard InChI is InChI=1S/C18H22N2O3/c1-19-13-18(23-17(19)21)6-2-8-20(9-7-18)12-14-3-4-16-15(11-14)5-10-22-16/h3-5,10-11H,2,6-9,12-13H2,1H3. The molecule has 0 saturated carbocycles. The number of fused-ring (bicyclic) bond motifs is 1. The molecule has 1 unspecified atom stereocenters. The Kier molecular flexibility index (Phi) is 3.53.